The molecule has 0 unspecified atom stereocenters. The van der Waals surface area contributed by atoms with Crippen molar-refractivity contribution in [2.45, 2.75) is 42.4 Å². The second-order valence-electron chi connectivity index (χ2n) is 4.19. The number of carbonyl (C=O) groups is 1. The Bertz CT molecular complexity index is 419. The van der Waals surface area contributed by atoms with Crippen molar-refractivity contribution < 1.29 is 9.90 Å². The smallest absolute Gasteiger partial charge is 0.338 e. The Morgan fingerprint density at radius 3 is 2.76 bits per heavy atom. The first-order chi connectivity index (χ1) is 8.16. The number of pyridine rings is 1. The third-order valence-electron chi connectivity index (χ3n) is 2.88. The van der Waals surface area contributed by atoms with E-state index in [0.717, 1.165) is 0 Å². The highest BCUT2D eigenvalue weighted by Gasteiger charge is 2.19. The molecule has 0 aromatic carbocycles. The first kappa shape index (κ1) is 12.9. The van der Waals surface area contributed by atoms with Crippen molar-refractivity contribution in [2.75, 3.05) is 0 Å². The minimum absolute atomic E-state index is 0.301. The number of rotatable bonds is 3. The lowest BCUT2D eigenvalue weighted by Crippen LogP contribution is -2.10. The maximum Gasteiger partial charge on any atom is 0.338 e. The molecule has 1 heterocycles. The highest BCUT2D eigenvalue weighted by atomic mass is 79.9. The van der Waals surface area contributed by atoms with Crippen LogP contribution in [-0.4, -0.2) is 21.3 Å². The molecule has 0 amide bonds. The van der Waals surface area contributed by atoms with Gasteiger partial charge in [0.2, 0.25) is 0 Å². The quantitative estimate of drug-likeness (QED) is 0.917. The molecule has 5 heteroatoms. The fraction of sp³-hybridized carbons (Fsp3) is 0.500. The SMILES string of the molecule is O=C(O)c1cc(Br)cnc1SC1CCCCC1. The van der Waals surface area contributed by atoms with Crippen LogP contribution in [0.2, 0.25) is 0 Å². The first-order valence-electron chi connectivity index (χ1n) is 5.72. The van der Waals surface area contributed by atoms with E-state index in [4.69, 9.17) is 5.11 Å². The van der Waals surface area contributed by atoms with Crippen molar-refractivity contribution in [1.82, 2.24) is 4.98 Å². The topological polar surface area (TPSA) is 50.2 Å². The van der Waals surface area contributed by atoms with Crippen LogP contribution in [0.4, 0.5) is 0 Å². The number of hydrogen-bond donors (Lipinski definition) is 1. The van der Waals surface area contributed by atoms with Gasteiger partial charge >= 0.3 is 5.97 Å². The van der Waals surface area contributed by atoms with Gasteiger partial charge in [0.15, 0.2) is 0 Å². The number of nitrogens with zero attached hydrogens (tertiary/aromatic N) is 1. The molecule has 0 bridgehead atoms. The molecule has 3 nitrogen and oxygen atoms in total. The number of halogens is 1. The predicted molar refractivity (Wildman–Crippen MR) is 71.6 cm³/mol. The Labute approximate surface area is 113 Å². The Kier molecular flexibility index (Phi) is 4.45. The molecule has 0 saturated heterocycles. The second kappa shape index (κ2) is 5.87. The molecule has 1 aromatic rings. The number of aromatic nitrogens is 1. The van der Waals surface area contributed by atoms with Gasteiger partial charge in [0.1, 0.15) is 5.03 Å². The molecule has 1 saturated carbocycles. The monoisotopic (exact) mass is 315 g/mol. The average molecular weight is 316 g/mol. The van der Waals surface area contributed by atoms with Gasteiger partial charge < -0.3 is 5.11 Å². The Morgan fingerprint density at radius 1 is 1.41 bits per heavy atom. The van der Waals surface area contributed by atoms with Crippen LogP contribution >= 0.6 is 27.7 Å². The third kappa shape index (κ3) is 3.45. The van der Waals surface area contributed by atoms with Gasteiger partial charge in [-0.3, -0.25) is 0 Å². The van der Waals surface area contributed by atoms with Gasteiger partial charge in [0.05, 0.1) is 5.56 Å². The summed E-state index contributed by atoms with van der Waals surface area (Å²) in [5, 5.41) is 10.3. The summed E-state index contributed by atoms with van der Waals surface area (Å²) in [6.45, 7) is 0. The number of hydrogen-bond acceptors (Lipinski definition) is 3. The standard InChI is InChI=1S/C12H14BrNO2S/c13-8-6-10(12(15)16)11(14-7-8)17-9-4-2-1-3-5-9/h6-7,9H,1-5H2,(H,15,16). The zero-order valence-electron chi connectivity index (χ0n) is 9.36. The molecule has 1 aliphatic carbocycles. The molecule has 1 aromatic heterocycles. The first-order valence-corrected chi connectivity index (χ1v) is 7.39. The van der Waals surface area contributed by atoms with Crippen molar-refractivity contribution in [1.29, 1.82) is 0 Å². The molecule has 92 valence electrons. The van der Waals surface area contributed by atoms with E-state index in [1.54, 1.807) is 24.0 Å². The van der Waals surface area contributed by atoms with Gasteiger partial charge in [0.25, 0.3) is 0 Å². The van der Waals surface area contributed by atoms with E-state index in [-0.39, 0.29) is 0 Å². The van der Waals surface area contributed by atoms with Crippen LogP contribution in [0.1, 0.15) is 42.5 Å². The Hall–Kier alpha value is -0.550. The highest BCUT2D eigenvalue weighted by molar-refractivity contribution is 9.10. The molecule has 0 radical (unpaired) electrons. The predicted octanol–water partition coefficient (Wildman–Crippen LogP) is 3.97. The Balaban J connectivity index is 2.16. The summed E-state index contributed by atoms with van der Waals surface area (Å²) in [5.74, 6) is -0.905. The van der Waals surface area contributed by atoms with E-state index in [0.29, 0.717) is 20.3 Å². The molecule has 1 N–H and O–H groups in total. The van der Waals surface area contributed by atoms with Crippen LogP contribution in [0.5, 0.6) is 0 Å². The molecule has 2 rings (SSSR count). The van der Waals surface area contributed by atoms with Crippen LogP contribution in [0.15, 0.2) is 21.8 Å². The van der Waals surface area contributed by atoms with Crippen molar-refractivity contribution in [2.24, 2.45) is 0 Å². The molecular weight excluding hydrogens is 302 g/mol. The molecule has 0 spiro atoms. The van der Waals surface area contributed by atoms with Gasteiger partial charge in [0, 0.05) is 15.9 Å². The minimum atomic E-state index is -0.905. The molecule has 0 atom stereocenters. The van der Waals surface area contributed by atoms with Crippen LogP contribution in [0, 0.1) is 0 Å². The summed E-state index contributed by atoms with van der Waals surface area (Å²) in [6.07, 6.45) is 7.80. The van der Waals surface area contributed by atoms with E-state index in [1.165, 1.54) is 32.1 Å². The number of carboxylic acid groups (broad SMARTS) is 1. The van der Waals surface area contributed by atoms with Crippen LogP contribution in [0.3, 0.4) is 0 Å². The van der Waals surface area contributed by atoms with E-state index in [2.05, 4.69) is 20.9 Å². The maximum absolute atomic E-state index is 11.1. The zero-order valence-corrected chi connectivity index (χ0v) is 11.8. The fourth-order valence-electron chi connectivity index (χ4n) is 2.01. The van der Waals surface area contributed by atoms with Crippen molar-refractivity contribution >= 4 is 33.7 Å². The van der Waals surface area contributed by atoms with Crippen LogP contribution in [0.25, 0.3) is 0 Å². The molecule has 17 heavy (non-hydrogen) atoms. The average Bonchev–Trinajstić information content (AvgIpc) is 2.32. The lowest BCUT2D eigenvalue weighted by molar-refractivity contribution is 0.0692. The summed E-state index contributed by atoms with van der Waals surface area (Å²) in [4.78, 5) is 15.4. The summed E-state index contributed by atoms with van der Waals surface area (Å²) < 4.78 is 0.711. The van der Waals surface area contributed by atoms with Gasteiger partial charge in [-0.1, -0.05) is 19.3 Å². The largest absolute Gasteiger partial charge is 0.478 e. The Morgan fingerprint density at radius 2 is 2.12 bits per heavy atom. The fourth-order valence-corrected chi connectivity index (χ4v) is 3.62. The number of carboxylic acids is 1. The lowest BCUT2D eigenvalue weighted by Gasteiger charge is -2.21. The molecular formula is C12H14BrNO2S. The molecule has 1 fully saturated rings. The summed E-state index contributed by atoms with van der Waals surface area (Å²) in [6, 6.07) is 1.63. The number of aromatic carboxylic acids is 1. The van der Waals surface area contributed by atoms with Gasteiger partial charge in [-0.15, -0.1) is 11.8 Å². The van der Waals surface area contributed by atoms with Crippen molar-refractivity contribution in [3.05, 3.63) is 22.3 Å². The van der Waals surface area contributed by atoms with Gasteiger partial charge in [-0.25, -0.2) is 9.78 Å². The van der Waals surface area contributed by atoms with Crippen molar-refractivity contribution in [3.63, 3.8) is 0 Å². The van der Waals surface area contributed by atoms with Crippen LogP contribution < -0.4 is 0 Å². The van der Waals surface area contributed by atoms with E-state index < -0.39 is 5.97 Å². The van der Waals surface area contributed by atoms with E-state index in [1.807, 2.05) is 0 Å². The molecule has 1 aliphatic rings. The van der Waals surface area contributed by atoms with E-state index in [9.17, 15) is 4.79 Å². The van der Waals surface area contributed by atoms with Gasteiger partial charge in [-0.05, 0) is 34.8 Å². The summed E-state index contributed by atoms with van der Waals surface area (Å²) in [5.41, 5.74) is 0.301. The van der Waals surface area contributed by atoms with Crippen LogP contribution in [-0.2, 0) is 0 Å². The second-order valence-corrected chi connectivity index (χ2v) is 6.39. The highest BCUT2D eigenvalue weighted by Crippen LogP contribution is 2.34. The zero-order chi connectivity index (χ0) is 12.3. The third-order valence-corrected chi connectivity index (χ3v) is 4.67. The summed E-state index contributed by atoms with van der Waals surface area (Å²) in [7, 11) is 0. The lowest BCUT2D eigenvalue weighted by atomic mass is 10.0. The normalized spacial score (nSPS) is 17.0. The van der Waals surface area contributed by atoms with Crippen molar-refractivity contribution in [3.8, 4) is 0 Å². The minimum Gasteiger partial charge on any atom is -0.478 e. The number of thioether (sulfide) groups is 1. The molecule has 0 aliphatic heterocycles. The summed E-state index contributed by atoms with van der Waals surface area (Å²) >= 11 is 4.87. The van der Waals surface area contributed by atoms with E-state index >= 15 is 0 Å². The maximum atomic E-state index is 11.1. The van der Waals surface area contributed by atoms with Gasteiger partial charge in [-0.2, -0.15) is 0 Å².